The Kier molecular flexibility index (Phi) is 3.60. The van der Waals surface area contributed by atoms with Crippen LogP contribution in [0.3, 0.4) is 0 Å². The quantitative estimate of drug-likeness (QED) is 0.807. The zero-order valence-electron chi connectivity index (χ0n) is 10.2. The van der Waals surface area contributed by atoms with Crippen molar-refractivity contribution >= 4 is 15.7 Å². The second kappa shape index (κ2) is 5.01. The Morgan fingerprint density at radius 2 is 2.33 bits per heavy atom. The van der Waals surface area contributed by atoms with Crippen LogP contribution in [0.2, 0.25) is 0 Å². The Balaban J connectivity index is 2.28. The molecule has 1 aromatic rings. The number of sulfonamides is 1. The molecule has 1 atom stereocenters. The van der Waals surface area contributed by atoms with Gasteiger partial charge in [-0.25, -0.2) is 8.42 Å². The molecule has 18 heavy (non-hydrogen) atoms. The summed E-state index contributed by atoms with van der Waals surface area (Å²) < 4.78 is 26.8. The van der Waals surface area contributed by atoms with E-state index in [0.717, 1.165) is 24.2 Å². The van der Waals surface area contributed by atoms with Crippen molar-refractivity contribution in [2.45, 2.75) is 30.7 Å². The predicted octanol–water partition coefficient (Wildman–Crippen LogP) is 1.34. The molecule has 0 saturated carbocycles. The lowest BCUT2D eigenvalue weighted by atomic mass is 10.2. The molecule has 0 saturated heterocycles. The Hall–Kier alpha value is -1.51. The summed E-state index contributed by atoms with van der Waals surface area (Å²) in [7, 11) is -3.53. The van der Waals surface area contributed by atoms with Gasteiger partial charge in [0.2, 0.25) is 10.0 Å². The summed E-state index contributed by atoms with van der Waals surface area (Å²) in [5.41, 5.74) is 2.05. The van der Waals surface area contributed by atoms with Crippen molar-refractivity contribution in [1.29, 1.82) is 0 Å². The molecule has 0 bridgehead atoms. The first-order valence-corrected chi connectivity index (χ1v) is 7.40. The third-order valence-corrected chi connectivity index (χ3v) is 4.47. The van der Waals surface area contributed by atoms with Crippen molar-refractivity contribution in [3.05, 3.63) is 23.8 Å². The van der Waals surface area contributed by atoms with Gasteiger partial charge in [-0.2, -0.15) is 4.72 Å². The number of hydrogen-bond acceptors (Lipinski definition) is 3. The summed E-state index contributed by atoms with van der Waals surface area (Å²) in [5.74, 6) is 2.43. The number of fused-ring (bicyclic) bond motifs is 1. The van der Waals surface area contributed by atoms with E-state index in [9.17, 15) is 8.42 Å². The summed E-state index contributed by atoms with van der Waals surface area (Å²) in [6, 6.07) is 4.65. The molecule has 1 unspecified atom stereocenters. The van der Waals surface area contributed by atoms with Crippen LogP contribution in [0.5, 0.6) is 0 Å². The van der Waals surface area contributed by atoms with E-state index in [-0.39, 0.29) is 4.90 Å². The Morgan fingerprint density at radius 1 is 1.56 bits per heavy atom. The van der Waals surface area contributed by atoms with E-state index in [0.29, 0.717) is 6.42 Å². The van der Waals surface area contributed by atoms with Crippen molar-refractivity contribution in [3.8, 4) is 12.3 Å². The second-order valence-electron chi connectivity index (χ2n) is 4.24. The van der Waals surface area contributed by atoms with Gasteiger partial charge in [-0.15, -0.1) is 6.42 Å². The van der Waals surface area contributed by atoms with Gasteiger partial charge in [0.1, 0.15) is 0 Å². The molecule has 1 aromatic carbocycles. The van der Waals surface area contributed by atoms with Gasteiger partial charge in [0, 0.05) is 12.2 Å². The van der Waals surface area contributed by atoms with Crippen molar-refractivity contribution in [1.82, 2.24) is 4.72 Å². The van der Waals surface area contributed by atoms with Crippen LogP contribution in [0.4, 0.5) is 5.69 Å². The van der Waals surface area contributed by atoms with Crippen LogP contribution in [0.1, 0.15) is 18.9 Å². The minimum absolute atomic E-state index is 0.277. The van der Waals surface area contributed by atoms with Crippen LogP contribution >= 0.6 is 0 Å². The average Bonchev–Trinajstić information content (AvgIpc) is 2.83. The highest BCUT2D eigenvalue weighted by Crippen LogP contribution is 2.25. The second-order valence-corrected chi connectivity index (χ2v) is 5.96. The van der Waals surface area contributed by atoms with Crippen LogP contribution in [-0.4, -0.2) is 21.0 Å². The number of benzene rings is 1. The summed E-state index contributed by atoms with van der Waals surface area (Å²) in [4.78, 5) is 0.277. The molecule has 0 aliphatic carbocycles. The maximum atomic E-state index is 12.1. The van der Waals surface area contributed by atoms with Crippen LogP contribution < -0.4 is 10.0 Å². The van der Waals surface area contributed by atoms with Gasteiger partial charge in [-0.1, -0.05) is 12.8 Å². The lowest BCUT2D eigenvalue weighted by molar-refractivity contribution is 0.570. The molecule has 1 aliphatic rings. The standard InChI is InChI=1S/C13H16N2O2S/c1-3-11(4-2)15-18(16,17)12-5-6-13-10(9-12)7-8-14-13/h1,5-6,9,11,14-15H,4,7-8H2,2H3. The van der Waals surface area contributed by atoms with Gasteiger partial charge >= 0.3 is 0 Å². The van der Waals surface area contributed by atoms with E-state index in [4.69, 9.17) is 6.42 Å². The number of anilines is 1. The van der Waals surface area contributed by atoms with Gasteiger partial charge in [0.15, 0.2) is 0 Å². The molecule has 0 fully saturated rings. The molecule has 0 aromatic heterocycles. The van der Waals surface area contributed by atoms with Crippen molar-refractivity contribution in [3.63, 3.8) is 0 Å². The molecule has 4 nitrogen and oxygen atoms in total. The molecule has 0 radical (unpaired) electrons. The van der Waals surface area contributed by atoms with E-state index in [1.54, 1.807) is 18.2 Å². The molecule has 5 heteroatoms. The number of rotatable bonds is 4. The van der Waals surface area contributed by atoms with Crippen molar-refractivity contribution < 1.29 is 8.42 Å². The van der Waals surface area contributed by atoms with Crippen molar-refractivity contribution in [2.24, 2.45) is 0 Å². The van der Waals surface area contributed by atoms with E-state index >= 15 is 0 Å². The summed E-state index contributed by atoms with van der Waals surface area (Å²) in [5, 5.41) is 3.19. The maximum absolute atomic E-state index is 12.1. The van der Waals surface area contributed by atoms with Crippen LogP contribution in [0.25, 0.3) is 0 Å². The van der Waals surface area contributed by atoms with Crippen molar-refractivity contribution in [2.75, 3.05) is 11.9 Å². The topological polar surface area (TPSA) is 58.2 Å². The van der Waals surface area contributed by atoms with E-state index < -0.39 is 16.1 Å². The minimum atomic E-state index is -3.53. The Labute approximate surface area is 108 Å². The molecule has 2 rings (SSSR count). The lowest BCUT2D eigenvalue weighted by Crippen LogP contribution is -2.33. The fourth-order valence-corrected chi connectivity index (χ4v) is 3.23. The highest BCUT2D eigenvalue weighted by Gasteiger charge is 2.20. The van der Waals surface area contributed by atoms with Crippen LogP contribution in [0, 0.1) is 12.3 Å². The molecule has 0 spiro atoms. The zero-order valence-corrected chi connectivity index (χ0v) is 11.0. The normalized spacial score (nSPS) is 15.6. The van der Waals surface area contributed by atoms with Gasteiger partial charge in [0.25, 0.3) is 0 Å². The van der Waals surface area contributed by atoms with Gasteiger partial charge in [-0.05, 0) is 36.6 Å². The number of terminal acetylenes is 1. The molecule has 96 valence electrons. The highest BCUT2D eigenvalue weighted by molar-refractivity contribution is 7.89. The molecule has 1 heterocycles. The Morgan fingerprint density at radius 3 is 3.00 bits per heavy atom. The Bertz CT molecular complexity index is 587. The third kappa shape index (κ3) is 2.50. The molecular formula is C13H16N2O2S. The lowest BCUT2D eigenvalue weighted by Gasteiger charge is -2.12. The fraction of sp³-hybridized carbons (Fsp3) is 0.385. The van der Waals surface area contributed by atoms with Gasteiger partial charge < -0.3 is 5.32 Å². The van der Waals surface area contributed by atoms with Crippen LogP contribution in [-0.2, 0) is 16.4 Å². The zero-order chi connectivity index (χ0) is 13.2. The smallest absolute Gasteiger partial charge is 0.241 e. The summed E-state index contributed by atoms with van der Waals surface area (Å²) >= 11 is 0. The average molecular weight is 264 g/mol. The summed E-state index contributed by atoms with van der Waals surface area (Å²) in [6.07, 6.45) is 6.70. The SMILES string of the molecule is C#CC(CC)NS(=O)(=O)c1ccc2c(c1)CCN2. The van der Waals surface area contributed by atoms with E-state index in [1.807, 2.05) is 6.92 Å². The van der Waals surface area contributed by atoms with Gasteiger partial charge in [-0.3, -0.25) is 0 Å². The minimum Gasteiger partial charge on any atom is -0.384 e. The number of nitrogens with one attached hydrogen (secondary N) is 2. The number of hydrogen-bond donors (Lipinski definition) is 2. The first kappa shape index (κ1) is 12.9. The predicted molar refractivity (Wildman–Crippen MR) is 71.9 cm³/mol. The monoisotopic (exact) mass is 264 g/mol. The molecule has 2 N–H and O–H groups in total. The van der Waals surface area contributed by atoms with Gasteiger partial charge in [0.05, 0.1) is 10.9 Å². The molecule has 1 aliphatic heterocycles. The molecule has 0 amide bonds. The first-order valence-electron chi connectivity index (χ1n) is 5.92. The third-order valence-electron chi connectivity index (χ3n) is 3.00. The fourth-order valence-electron chi connectivity index (χ4n) is 1.94. The summed E-state index contributed by atoms with van der Waals surface area (Å²) in [6.45, 7) is 2.70. The maximum Gasteiger partial charge on any atom is 0.241 e. The van der Waals surface area contributed by atoms with E-state index in [1.165, 1.54) is 0 Å². The first-order chi connectivity index (χ1) is 8.56. The van der Waals surface area contributed by atoms with E-state index in [2.05, 4.69) is 16.0 Å². The largest absolute Gasteiger partial charge is 0.384 e. The molecular weight excluding hydrogens is 248 g/mol. The highest BCUT2D eigenvalue weighted by atomic mass is 32.2. The van der Waals surface area contributed by atoms with Crippen LogP contribution in [0.15, 0.2) is 23.1 Å².